The number of hydrogen-bond donors (Lipinski definition) is 2. The number of aliphatic hydroxyl groups is 1. The Morgan fingerprint density at radius 3 is 2.90 bits per heavy atom. The van der Waals surface area contributed by atoms with Gasteiger partial charge < -0.3 is 10.4 Å². The molecule has 0 fully saturated rings. The van der Waals surface area contributed by atoms with E-state index in [0.717, 1.165) is 28.1 Å². The first-order valence-corrected chi connectivity index (χ1v) is 6.83. The molecule has 0 bridgehead atoms. The Hall–Kier alpha value is -2.46. The van der Waals surface area contributed by atoms with Crippen LogP contribution in [0.1, 0.15) is 22.6 Å². The molecule has 1 heterocycles. The quantitative estimate of drug-likeness (QED) is 0.849. The van der Waals surface area contributed by atoms with E-state index < -0.39 is 0 Å². The van der Waals surface area contributed by atoms with Crippen molar-refractivity contribution < 1.29 is 9.90 Å². The highest BCUT2D eigenvalue weighted by molar-refractivity contribution is 6.13. The van der Waals surface area contributed by atoms with Crippen molar-refractivity contribution in [2.24, 2.45) is 4.99 Å². The van der Waals surface area contributed by atoms with Crippen molar-refractivity contribution >= 4 is 23.5 Å². The van der Waals surface area contributed by atoms with Gasteiger partial charge in [0.1, 0.15) is 5.92 Å². The topological polar surface area (TPSA) is 61.7 Å². The van der Waals surface area contributed by atoms with Crippen LogP contribution < -0.4 is 5.32 Å². The summed E-state index contributed by atoms with van der Waals surface area (Å²) in [5.74, 6) is -0.416. The normalized spacial score (nSPS) is 17.0. The molecule has 1 aliphatic heterocycles. The van der Waals surface area contributed by atoms with Gasteiger partial charge in [0.05, 0.1) is 12.3 Å². The van der Waals surface area contributed by atoms with Crippen LogP contribution in [0.5, 0.6) is 0 Å². The van der Waals surface area contributed by atoms with E-state index in [1.54, 1.807) is 6.21 Å². The minimum absolute atomic E-state index is 0.0186. The van der Waals surface area contributed by atoms with Gasteiger partial charge in [-0.15, -0.1) is 0 Å². The predicted molar refractivity (Wildman–Crippen MR) is 83.1 cm³/mol. The highest BCUT2D eigenvalue weighted by atomic mass is 16.3. The van der Waals surface area contributed by atoms with Gasteiger partial charge in [0, 0.05) is 11.9 Å². The van der Waals surface area contributed by atoms with Gasteiger partial charge in [0.15, 0.2) is 0 Å². The maximum absolute atomic E-state index is 12.1. The van der Waals surface area contributed by atoms with Gasteiger partial charge in [-0.25, -0.2) is 0 Å². The van der Waals surface area contributed by atoms with Crippen molar-refractivity contribution in [3.8, 4) is 0 Å². The molecule has 0 spiro atoms. The molecular weight excluding hydrogens is 264 g/mol. The predicted octanol–water partition coefficient (Wildman–Crippen LogP) is 2.93. The number of nitrogens with zero attached hydrogens (tertiary/aromatic N) is 1. The van der Waals surface area contributed by atoms with Crippen molar-refractivity contribution in [2.45, 2.75) is 19.4 Å². The number of aliphatic hydroxyl groups excluding tert-OH is 1. The lowest BCUT2D eigenvalue weighted by Gasteiger charge is -2.06. The van der Waals surface area contributed by atoms with E-state index in [0.29, 0.717) is 0 Å². The Morgan fingerprint density at radius 2 is 2.10 bits per heavy atom. The minimum atomic E-state index is -0.362. The van der Waals surface area contributed by atoms with Crippen molar-refractivity contribution in [3.63, 3.8) is 0 Å². The molecule has 0 aliphatic carbocycles. The molecule has 1 atom stereocenters. The fraction of sp³-hybridized carbons (Fsp3) is 0.176. The maximum Gasteiger partial charge on any atom is 0.237 e. The summed E-state index contributed by atoms with van der Waals surface area (Å²) in [6, 6.07) is 13.2. The Morgan fingerprint density at radius 1 is 1.29 bits per heavy atom. The lowest BCUT2D eigenvalue weighted by molar-refractivity contribution is -0.115. The van der Waals surface area contributed by atoms with Gasteiger partial charge in [-0.2, -0.15) is 0 Å². The molecule has 1 unspecified atom stereocenters. The number of rotatable bonds is 3. The van der Waals surface area contributed by atoms with E-state index in [2.05, 4.69) is 10.3 Å². The lowest BCUT2D eigenvalue weighted by atomic mass is 9.97. The molecule has 0 aromatic heterocycles. The van der Waals surface area contributed by atoms with E-state index in [4.69, 9.17) is 5.11 Å². The van der Waals surface area contributed by atoms with Crippen molar-refractivity contribution in [3.05, 3.63) is 59.2 Å². The summed E-state index contributed by atoms with van der Waals surface area (Å²) < 4.78 is 0. The Bertz CT molecular complexity index is 722. The van der Waals surface area contributed by atoms with E-state index >= 15 is 0 Å². The number of carbonyl (C=O) groups is 1. The Balaban J connectivity index is 1.92. The molecule has 2 N–H and O–H groups in total. The van der Waals surface area contributed by atoms with Gasteiger partial charge in [-0.1, -0.05) is 24.3 Å². The van der Waals surface area contributed by atoms with E-state index in [-0.39, 0.29) is 18.4 Å². The number of benzene rings is 2. The average molecular weight is 280 g/mol. The number of nitrogens with one attached hydrogen (secondary N) is 1. The van der Waals surface area contributed by atoms with Crippen LogP contribution >= 0.6 is 0 Å². The van der Waals surface area contributed by atoms with E-state index in [9.17, 15) is 4.79 Å². The Kier molecular flexibility index (Phi) is 3.54. The molecule has 1 aliphatic rings. The van der Waals surface area contributed by atoms with Crippen LogP contribution in [0.15, 0.2) is 47.5 Å². The number of fused-ring (bicyclic) bond motifs is 1. The van der Waals surface area contributed by atoms with Gasteiger partial charge in [0.2, 0.25) is 5.91 Å². The fourth-order valence-electron chi connectivity index (χ4n) is 2.58. The van der Waals surface area contributed by atoms with Crippen LogP contribution in [-0.2, 0) is 11.4 Å². The maximum atomic E-state index is 12.1. The highest BCUT2D eigenvalue weighted by Crippen LogP contribution is 2.34. The zero-order chi connectivity index (χ0) is 14.8. The second-order valence-corrected chi connectivity index (χ2v) is 5.11. The summed E-state index contributed by atoms with van der Waals surface area (Å²) in [4.78, 5) is 16.5. The molecule has 21 heavy (non-hydrogen) atoms. The first-order chi connectivity index (χ1) is 10.2. The number of amides is 1. The largest absolute Gasteiger partial charge is 0.392 e. The molecule has 2 aromatic carbocycles. The van der Waals surface area contributed by atoms with Crippen LogP contribution in [0.25, 0.3) is 0 Å². The Labute approximate surface area is 123 Å². The molecule has 4 heteroatoms. The van der Waals surface area contributed by atoms with Crippen LogP contribution in [0.2, 0.25) is 0 Å². The van der Waals surface area contributed by atoms with Gasteiger partial charge in [-0.05, 0) is 41.8 Å². The lowest BCUT2D eigenvalue weighted by Crippen LogP contribution is -2.13. The summed E-state index contributed by atoms with van der Waals surface area (Å²) in [7, 11) is 0. The third-order valence-corrected chi connectivity index (χ3v) is 3.64. The third-order valence-electron chi connectivity index (χ3n) is 3.64. The molecule has 0 radical (unpaired) electrons. The van der Waals surface area contributed by atoms with Crippen LogP contribution in [-0.4, -0.2) is 17.2 Å². The second kappa shape index (κ2) is 5.50. The van der Waals surface area contributed by atoms with Gasteiger partial charge in [-0.3, -0.25) is 9.79 Å². The molecule has 0 saturated carbocycles. The molecule has 2 aromatic rings. The van der Waals surface area contributed by atoms with Crippen LogP contribution in [0.3, 0.4) is 0 Å². The number of anilines is 1. The second-order valence-electron chi connectivity index (χ2n) is 5.11. The summed E-state index contributed by atoms with van der Waals surface area (Å²) in [5.41, 5.74) is 4.46. The zero-order valence-electron chi connectivity index (χ0n) is 11.7. The number of aryl methyl sites for hydroxylation is 1. The molecule has 3 rings (SSSR count). The minimum Gasteiger partial charge on any atom is -0.392 e. The summed E-state index contributed by atoms with van der Waals surface area (Å²) in [6.07, 6.45) is 1.67. The highest BCUT2D eigenvalue weighted by Gasteiger charge is 2.30. The molecule has 0 saturated heterocycles. The molecule has 4 nitrogen and oxygen atoms in total. The number of aliphatic imine (C=N–C) groups is 1. The van der Waals surface area contributed by atoms with Gasteiger partial charge in [0.25, 0.3) is 0 Å². The summed E-state index contributed by atoms with van der Waals surface area (Å²) in [5, 5.41) is 12.0. The third kappa shape index (κ3) is 2.58. The first-order valence-electron chi connectivity index (χ1n) is 6.83. The fourth-order valence-corrected chi connectivity index (χ4v) is 2.58. The molecular formula is C17H16N2O2. The van der Waals surface area contributed by atoms with Gasteiger partial charge >= 0.3 is 0 Å². The standard InChI is InChI=1S/C17H16N2O2/c1-11-4-2-7-15-16(11)14(17(21)19-15)9-18-13-6-3-5-12(8-13)10-20/h2-9,14,20H,10H2,1H3,(H,19,21). The van der Waals surface area contributed by atoms with Crippen molar-refractivity contribution in [2.75, 3.05) is 5.32 Å². The van der Waals surface area contributed by atoms with Crippen molar-refractivity contribution in [1.29, 1.82) is 0 Å². The monoisotopic (exact) mass is 280 g/mol. The van der Waals surface area contributed by atoms with Crippen LogP contribution in [0, 0.1) is 6.92 Å². The summed E-state index contributed by atoms with van der Waals surface area (Å²) in [6.45, 7) is 1.97. The number of carbonyl (C=O) groups excluding carboxylic acids is 1. The molecule has 106 valence electrons. The van der Waals surface area contributed by atoms with E-state index in [1.165, 1.54) is 0 Å². The van der Waals surface area contributed by atoms with E-state index in [1.807, 2.05) is 49.4 Å². The smallest absolute Gasteiger partial charge is 0.237 e. The first kappa shape index (κ1) is 13.5. The summed E-state index contributed by atoms with van der Waals surface area (Å²) >= 11 is 0. The number of hydrogen-bond acceptors (Lipinski definition) is 3. The average Bonchev–Trinajstić information content (AvgIpc) is 2.82. The molecule has 1 amide bonds. The van der Waals surface area contributed by atoms with Crippen molar-refractivity contribution in [1.82, 2.24) is 0 Å². The SMILES string of the molecule is Cc1cccc2c1C(C=Nc1cccc(CO)c1)C(=O)N2. The zero-order valence-corrected chi connectivity index (χ0v) is 11.7. The van der Waals surface area contributed by atoms with Crippen LogP contribution in [0.4, 0.5) is 11.4 Å².